The van der Waals surface area contributed by atoms with Gasteiger partial charge in [-0.2, -0.15) is 0 Å². The topological polar surface area (TPSA) is 75.0 Å². The van der Waals surface area contributed by atoms with E-state index in [9.17, 15) is 9.59 Å². The second kappa shape index (κ2) is 6.65. The van der Waals surface area contributed by atoms with Crippen molar-refractivity contribution < 1.29 is 23.4 Å². The number of ether oxygens (including phenoxy) is 3. The lowest BCUT2D eigenvalue weighted by Gasteiger charge is -2.34. The normalized spacial score (nSPS) is 23.9. The number of esters is 1. The summed E-state index contributed by atoms with van der Waals surface area (Å²) in [5.41, 5.74) is 0.885. The molecule has 24 heavy (non-hydrogen) atoms. The van der Waals surface area contributed by atoms with Gasteiger partial charge in [-0.05, 0) is 44.4 Å². The summed E-state index contributed by atoms with van der Waals surface area (Å²) in [4.78, 5) is 22.8. The smallest absolute Gasteiger partial charge is 0.336 e. The van der Waals surface area contributed by atoms with Crippen LogP contribution in [0.15, 0.2) is 33.5 Å². The molecule has 128 valence electrons. The number of aryl methyl sites for hydroxylation is 1. The van der Waals surface area contributed by atoms with Crippen LogP contribution in [0.25, 0.3) is 11.0 Å². The van der Waals surface area contributed by atoms with Gasteiger partial charge in [0.25, 0.3) is 0 Å². The van der Waals surface area contributed by atoms with Gasteiger partial charge in [0.1, 0.15) is 11.3 Å². The van der Waals surface area contributed by atoms with Crippen LogP contribution in [-0.4, -0.2) is 24.5 Å². The van der Waals surface area contributed by atoms with Crippen molar-refractivity contribution in [3.05, 3.63) is 40.2 Å². The average Bonchev–Trinajstić information content (AvgIpc) is 2.49. The molecular formula is C18H20O6. The second-order valence-electron chi connectivity index (χ2n) is 6.06. The van der Waals surface area contributed by atoms with Gasteiger partial charge in [-0.25, -0.2) is 4.79 Å². The highest BCUT2D eigenvalue weighted by atomic mass is 16.7. The van der Waals surface area contributed by atoms with Crippen LogP contribution in [0.2, 0.25) is 0 Å². The lowest BCUT2D eigenvalue weighted by atomic mass is 10.1. The maximum absolute atomic E-state index is 11.5. The van der Waals surface area contributed by atoms with Crippen LogP contribution < -0.4 is 10.4 Å². The van der Waals surface area contributed by atoms with Crippen LogP contribution in [0.5, 0.6) is 5.75 Å². The van der Waals surface area contributed by atoms with Crippen molar-refractivity contribution in [1.29, 1.82) is 0 Å². The highest BCUT2D eigenvalue weighted by Crippen LogP contribution is 2.28. The molecule has 0 N–H and O–H groups in total. The summed E-state index contributed by atoms with van der Waals surface area (Å²) in [6.07, 6.45) is 0.338. The molecule has 3 rings (SSSR count). The molecule has 1 aliphatic heterocycles. The number of hydrogen-bond donors (Lipinski definition) is 0. The quantitative estimate of drug-likeness (QED) is 0.635. The molecule has 0 radical (unpaired) electrons. The van der Waals surface area contributed by atoms with Gasteiger partial charge in [-0.1, -0.05) is 0 Å². The molecule has 1 saturated heterocycles. The van der Waals surface area contributed by atoms with Crippen molar-refractivity contribution in [3.8, 4) is 5.75 Å². The molecule has 0 bridgehead atoms. The van der Waals surface area contributed by atoms with E-state index in [2.05, 4.69) is 0 Å². The van der Waals surface area contributed by atoms with Gasteiger partial charge in [0.05, 0.1) is 6.10 Å². The third kappa shape index (κ3) is 3.59. The van der Waals surface area contributed by atoms with Crippen LogP contribution in [0.1, 0.15) is 32.3 Å². The first-order valence-electron chi connectivity index (χ1n) is 7.96. The Hall–Kier alpha value is -2.34. The van der Waals surface area contributed by atoms with E-state index < -0.39 is 18.0 Å². The summed E-state index contributed by atoms with van der Waals surface area (Å²) in [7, 11) is 0. The van der Waals surface area contributed by atoms with Crippen molar-refractivity contribution in [1.82, 2.24) is 0 Å². The zero-order chi connectivity index (χ0) is 17.3. The highest BCUT2D eigenvalue weighted by Gasteiger charge is 2.33. The largest absolute Gasteiger partial charge is 0.461 e. The zero-order valence-electron chi connectivity index (χ0n) is 13.9. The molecule has 1 aliphatic rings. The Morgan fingerprint density at radius 3 is 2.79 bits per heavy atom. The molecule has 0 amide bonds. The molecule has 6 heteroatoms. The van der Waals surface area contributed by atoms with E-state index in [1.165, 1.54) is 13.0 Å². The lowest BCUT2D eigenvalue weighted by Crippen LogP contribution is -2.44. The van der Waals surface area contributed by atoms with E-state index in [4.69, 9.17) is 18.6 Å². The molecule has 1 aromatic carbocycles. The number of rotatable bonds is 3. The Kier molecular flexibility index (Phi) is 4.57. The van der Waals surface area contributed by atoms with Crippen LogP contribution in [0.4, 0.5) is 0 Å². The van der Waals surface area contributed by atoms with E-state index >= 15 is 0 Å². The molecular weight excluding hydrogens is 312 g/mol. The summed E-state index contributed by atoms with van der Waals surface area (Å²) in [6, 6.07) is 6.71. The zero-order valence-corrected chi connectivity index (χ0v) is 13.9. The lowest BCUT2D eigenvalue weighted by molar-refractivity contribution is -0.212. The van der Waals surface area contributed by atoms with Gasteiger partial charge in [0.2, 0.25) is 6.29 Å². The van der Waals surface area contributed by atoms with Gasteiger partial charge in [0, 0.05) is 24.4 Å². The predicted octanol–water partition coefficient (Wildman–Crippen LogP) is 2.94. The molecule has 0 unspecified atom stereocenters. The Balaban J connectivity index is 1.86. The molecule has 6 nitrogen and oxygen atoms in total. The standard InChI is InChI=1S/C18H20O6/c1-10-8-17(20)24-16-9-13(5-6-14(10)16)23-18-15(22-12(3)19)7-4-11(2)21-18/h5-6,8-9,11,15,18H,4,7H2,1-3H3/t11-,15-,18-/m0/s1. The molecule has 2 heterocycles. The Bertz CT molecular complexity index is 809. The number of carbonyl (C=O) groups excluding carboxylic acids is 1. The van der Waals surface area contributed by atoms with Gasteiger partial charge < -0.3 is 18.6 Å². The SMILES string of the molecule is CC(=O)O[C@H]1CC[C@H](C)O[C@H]1Oc1ccc2c(C)cc(=O)oc2c1. The van der Waals surface area contributed by atoms with Crippen LogP contribution in [0, 0.1) is 6.92 Å². The Morgan fingerprint density at radius 2 is 2.04 bits per heavy atom. The minimum Gasteiger partial charge on any atom is -0.461 e. The first-order valence-corrected chi connectivity index (χ1v) is 7.96. The minimum absolute atomic E-state index is 0.0161. The van der Waals surface area contributed by atoms with Gasteiger partial charge in [-0.3, -0.25) is 4.79 Å². The number of carbonyl (C=O) groups is 1. The van der Waals surface area contributed by atoms with Crippen molar-refractivity contribution in [3.63, 3.8) is 0 Å². The van der Waals surface area contributed by atoms with Crippen LogP contribution in [-0.2, 0) is 14.3 Å². The van der Waals surface area contributed by atoms with Gasteiger partial charge in [0.15, 0.2) is 6.10 Å². The average molecular weight is 332 g/mol. The molecule has 0 spiro atoms. The first-order chi connectivity index (χ1) is 11.4. The first kappa shape index (κ1) is 16.5. The second-order valence-corrected chi connectivity index (χ2v) is 6.06. The summed E-state index contributed by atoms with van der Waals surface area (Å²) < 4.78 is 22.1. The number of benzene rings is 1. The van der Waals surface area contributed by atoms with Gasteiger partial charge >= 0.3 is 11.6 Å². The predicted molar refractivity (Wildman–Crippen MR) is 87.0 cm³/mol. The van der Waals surface area contributed by atoms with Crippen LogP contribution in [0.3, 0.4) is 0 Å². The maximum Gasteiger partial charge on any atom is 0.336 e. The third-order valence-electron chi connectivity index (χ3n) is 4.02. The number of hydrogen-bond acceptors (Lipinski definition) is 6. The van der Waals surface area contributed by atoms with E-state index in [1.807, 2.05) is 19.9 Å². The summed E-state index contributed by atoms with van der Waals surface area (Å²) in [5.74, 6) is 0.124. The van der Waals surface area contributed by atoms with E-state index in [0.717, 1.165) is 17.4 Å². The van der Waals surface area contributed by atoms with Crippen molar-refractivity contribution in [2.45, 2.75) is 52.1 Å². The van der Waals surface area contributed by atoms with Crippen molar-refractivity contribution >= 4 is 16.9 Å². The monoisotopic (exact) mass is 332 g/mol. The molecule has 1 aromatic heterocycles. The highest BCUT2D eigenvalue weighted by molar-refractivity contribution is 5.81. The van der Waals surface area contributed by atoms with Crippen molar-refractivity contribution in [2.24, 2.45) is 0 Å². The fourth-order valence-electron chi connectivity index (χ4n) is 2.86. The molecule has 0 aliphatic carbocycles. The van der Waals surface area contributed by atoms with E-state index in [1.54, 1.807) is 12.1 Å². The van der Waals surface area contributed by atoms with Crippen LogP contribution >= 0.6 is 0 Å². The maximum atomic E-state index is 11.5. The van der Waals surface area contributed by atoms with E-state index in [0.29, 0.717) is 17.8 Å². The summed E-state index contributed by atoms with van der Waals surface area (Å²) >= 11 is 0. The Labute approximate surface area is 139 Å². The number of fused-ring (bicyclic) bond motifs is 1. The fraction of sp³-hybridized carbons (Fsp3) is 0.444. The third-order valence-corrected chi connectivity index (χ3v) is 4.02. The van der Waals surface area contributed by atoms with E-state index in [-0.39, 0.29) is 12.1 Å². The molecule has 1 fully saturated rings. The summed E-state index contributed by atoms with van der Waals surface area (Å²) in [6.45, 7) is 5.16. The molecule has 0 saturated carbocycles. The van der Waals surface area contributed by atoms with Crippen molar-refractivity contribution in [2.75, 3.05) is 0 Å². The fourth-order valence-corrected chi connectivity index (χ4v) is 2.86. The van der Waals surface area contributed by atoms with Gasteiger partial charge in [-0.15, -0.1) is 0 Å². The Morgan fingerprint density at radius 1 is 1.25 bits per heavy atom. The minimum atomic E-state index is -0.688. The molecule has 3 atom stereocenters. The summed E-state index contributed by atoms with van der Waals surface area (Å²) in [5, 5.41) is 0.844. The molecule has 2 aromatic rings.